The summed E-state index contributed by atoms with van der Waals surface area (Å²) in [5.41, 5.74) is 0.234. The summed E-state index contributed by atoms with van der Waals surface area (Å²) < 4.78 is 39.1. The van der Waals surface area contributed by atoms with Crippen LogP contribution in [0, 0.1) is 0 Å². The molecule has 0 spiro atoms. The molecule has 27 heavy (non-hydrogen) atoms. The molecule has 0 saturated heterocycles. The Labute approximate surface area is 157 Å². The molecule has 1 heterocycles. The Hall–Kier alpha value is -2.88. The smallest absolute Gasteiger partial charge is 0.368 e. The highest BCUT2D eigenvalue weighted by atomic mass is 32.2. The highest BCUT2D eigenvalue weighted by molar-refractivity contribution is 7.99. The first-order chi connectivity index (χ1) is 13.0. The maximum Gasteiger partial charge on any atom is 0.368 e. The second-order valence-electron chi connectivity index (χ2n) is 5.37. The van der Waals surface area contributed by atoms with E-state index in [0.717, 1.165) is 9.36 Å². The Morgan fingerprint density at radius 2 is 1.85 bits per heavy atom. The van der Waals surface area contributed by atoms with Gasteiger partial charge >= 0.3 is 5.69 Å². The summed E-state index contributed by atoms with van der Waals surface area (Å²) in [5, 5.41) is 7.47. The first kappa shape index (κ1) is 18.9. The number of nitrogens with zero attached hydrogens (tertiary/aromatic N) is 4. The van der Waals surface area contributed by atoms with Gasteiger partial charge in [-0.3, -0.25) is 0 Å². The third-order valence-electron chi connectivity index (χ3n) is 3.72. The molecule has 7 nitrogen and oxygen atoms in total. The van der Waals surface area contributed by atoms with Crippen LogP contribution < -0.4 is 15.2 Å². The molecule has 0 fully saturated rings. The number of benzene rings is 2. The maximum absolute atomic E-state index is 13.0. The standard InChI is InChI=1S/C17H16F2N4O3S/c1-22-17(24)23(21-20-22)12-6-5-9-15(27-16(18)19)11(12)10-26-14-8-4-3-7-13(14)25-2/h3-9,16H,10H2,1-2H3. The predicted octanol–water partition coefficient (Wildman–Crippen LogP) is 2.87. The summed E-state index contributed by atoms with van der Waals surface area (Å²) in [7, 11) is 2.96. The summed E-state index contributed by atoms with van der Waals surface area (Å²) in [6.07, 6.45) is 0. The van der Waals surface area contributed by atoms with Crippen LogP contribution in [0.1, 0.15) is 5.56 Å². The third-order valence-corrected chi connectivity index (χ3v) is 4.53. The minimum absolute atomic E-state index is 0.0609. The lowest BCUT2D eigenvalue weighted by Crippen LogP contribution is -2.23. The molecule has 3 aromatic rings. The number of tetrazole rings is 1. The van der Waals surface area contributed by atoms with Gasteiger partial charge in [-0.05, 0) is 34.7 Å². The predicted molar refractivity (Wildman–Crippen MR) is 95.8 cm³/mol. The van der Waals surface area contributed by atoms with Gasteiger partial charge in [0.1, 0.15) is 6.61 Å². The fraction of sp³-hybridized carbons (Fsp3) is 0.235. The SMILES string of the molecule is COc1ccccc1OCc1c(SC(F)F)cccc1-n1nnn(C)c1=O. The summed E-state index contributed by atoms with van der Waals surface area (Å²) >= 11 is 0.377. The van der Waals surface area contributed by atoms with E-state index in [9.17, 15) is 13.6 Å². The van der Waals surface area contributed by atoms with Crippen molar-refractivity contribution in [2.75, 3.05) is 7.11 Å². The van der Waals surface area contributed by atoms with Crippen molar-refractivity contribution in [3.63, 3.8) is 0 Å². The lowest BCUT2D eigenvalue weighted by Gasteiger charge is -2.15. The van der Waals surface area contributed by atoms with Crippen LogP contribution in [0.4, 0.5) is 8.78 Å². The van der Waals surface area contributed by atoms with E-state index in [-0.39, 0.29) is 11.5 Å². The Morgan fingerprint density at radius 3 is 2.48 bits per heavy atom. The molecule has 1 aromatic heterocycles. The molecule has 0 N–H and O–H groups in total. The van der Waals surface area contributed by atoms with Crippen LogP contribution in [0.25, 0.3) is 5.69 Å². The second kappa shape index (κ2) is 8.21. The molecule has 0 amide bonds. The highest BCUT2D eigenvalue weighted by Gasteiger charge is 2.18. The molecule has 0 unspecified atom stereocenters. The molecular weight excluding hydrogens is 378 g/mol. The van der Waals surface area contributed by atoms with Crippen molar-refractivity contribution in [1.82, 2.24) is 19.8 Å². The molecule has 142 valence electrons. The average Bonchev–Trinajstić information content (AvgIpc) is 2.99. The van der Waals surface area contributed by atoms with Crippen molar-refractivity contribution in [2.45, 2.75) is 17.3 Å². The number of aromatic nitrogens is 4. The number of ether oxygens (including phenoxy) is 2. The first-order valence-corrected chi connectivity index (χ1v) is 8.71. The Balaban J connectivity index is 2.02. The van der Waals surface area contributed by atoms with Gasteiger partial charge < -0.3 is 9.47 Å². The summed E-state index contributed by atoms with van der Waals surface area (Å²) in [6.45, 7) is -0.0609. The van der Waals surface area contributed by atoms with E-state index in [0.29, 0.717) is 34.5 Å². The van der Waals surface area contributed by atoms with E-state index in [4.69, 9.17) is 9.47 Å². The zero-order valence-corrected chi connectivity index (χ0v) is 15.3. The van der Waals surface area contributed by atoms with Crippen molar-refractivity contribution < 1.29 is 18.3 Å². The minimum Gasteiger partial charge on any atom is -0.493 e. The molecule has 10 heteroatoms. The van der Waals surface area contributed by atoms with E-state index >= 15 is 0 Å². The van der Waals surface area contributed by atoms with Crippen LogP contribution in [0.3, 0.4) is 0 Å². The van der Waals surface area contributed by atoms with E-state index in [2.05, 4.69) is 10.4 Å². The number of hydrogen-bond acceptors (Lipinski definition) is 6. The number of para-hydroxylation sites is 2. The largest absolute Gasteiger partial charge is 0.493 e. The first-order valence-electron chi connectivity index (χ1n) is 7.83. The fourth-order valence-corrected chi connectivity index (χ4v) is 3.11. The van der Waals surface area contributed by atoms with Gasteiger partial charge in [0.2, 0.25) is 0 Å². The molecule has 0 aliphatic carbocycles. The van der Waals surface area contributed by atoms with E-state index < -0.39 is 11.4 Å². The van der Waals surface area contributed by atoms with Crippen molar-refractivity contribution >= 4 is 11.8 Å². The lowest BCUT2D eigenvalue weighted by atomic mass is 10.2. The minimum atomic E-state index is -2.62. The van der Waals surface area contributed by atoms with Crippen LogP contribution in [0.2, 0.25) is 0 Å². The van der Waals surface area contributed by atoms with Gasteiger partial charge in [0.25, 0.3) is 5.76 Å². The quantitative estimate of drug-likeness (QED) is 0.574. The summed E-state index contributed by atoms with van der Waals surface area (Å²) in [6, 6.07) is 11.7. The van der Waals surface area contributed by atoms with Gasteiger partial charge in [-0.1, -0.05) is 30.0 Å². The Bertz CT molecular complexity index is 990. The maximum atomic E-state index is 13.0. The van der Waals surface area contributed by atoms with Crippen LogP contribution >= 0.6 is 11.8 Å². The highest BCUT2D eigenvalue weighted by Crippen LogP contribution is 2.33. The number of halogens is 2. The third kappa shape index (κ3) is 4.11. The molecule has 3 rings (SSSR count). The normalized spacial score (nSPS) is 11.0. The monoisotopic (exact) mass is 394 g/mol. The number of hydrogen-bond donors (Lipinski definition) is 0. The lowest BCUT2D eigenvalue weighted by molar-refractivity contribution is 0.251. The fourth-order valence-electron chi connectivity index (χ4n) is 2.46. The van der Waals surface area contributed by atoms with Gasteiger partial charge in [-0.15, -0.1) is 0 Å². The number of rotatable bonds is 7. The Morgan fingerprint density at radius 1 is 1.11 bits per heavy atom. The van der Waals surface area contributed by atoms with Gasteiger partial charge in [-0.2, -0.15) is 18.1 Å². The Kier molecular flexibility index (Phi) is 5.75. The zero-order valence-electron chi connectivity index (χ0n) is 14.5. The molecular formula is C17H16F2N4O3S. The van der Waals surface area contributed by atoms with Gasteiger partial charge in [0, 0.05) is 17.5 Å². The number of alkyl halides is 2. The molecule has 0 bridgehead atoms. The van der Waals surface area contributed by atoms with Gasteiger partial charge in [0.15, 0.2) is 11.5 Å². The zero-order chi connectivity index (χ0) is 19.4. The van der Waals surface area contributed by atoms with Crippen molar-refractivity contribution in [1.29, 1.82) is 0 Å². The van der Waals surface area contributed by atoms with Crippen molar-refractivity contribution in [2.24, 2.45) is 7.05 Å². The van der Waals surface area contributed by atoms with Gasteiger partial charge in [-0.25, -0.2) is 4.79 Å². The van der Waals surface area contributed by atoms with Crippen molar-refractivity contribution in [3.05, 3.63) is 58.5 Å². The molecule has 0 aliphatic rings. The van der Waals surface area contributed by atoms with Crippen LogP contribution in [-0.4, -0.2) is 32.7 Å². The average molecular weight is 394 g/mol. The number of aryl methyl sites for hydroxylation is 1. The van der Waals surface area contributed by atoms with E-state index in [1.54, 1.807) is 42.5 Å². The number of methoxy groups -OCH3 is 1. The molecule has 0 aliphatic heterocycles. The summed E-state index contributed by atoms with van der Waals surface area (Å²) in [4.78, 5) is 12.5. The topological polar surface area (TPSA) is 71.2 Å². The molecule has 0 atom stereocenters. The van der Waals surface area contributed by atoms with E-state index in [1.807, 2.05) is 0 Å². The van der Waals surface area contributed by atoms with Gasteiger partial charge in [0.05, 0.1) is 12.8 Å². The molecule has 2 aromatic carbocycles. The number of thioether (sulfide) groups is 1. The summed E-state index contributed by atoms with van der Waals surface area (Å²) in [5.74, 6) is -1.66. The second-order valence-corrected chi connectivity index (χ2v) is 6.40. The van der Waals surface area contributed by atoms with Crippen LogP contribution in [0.5, 0.6) is 11.5 Å². The van der Waals surface area contributed by atoms with Crippen molar-refractivity contribution in [3.8, 4) is 17.2 Å². The van der Waals surface area contributed by atoms with Crippen LogP contribution in [0.15, 0.2) is 52.2 Å². The molecule has 0 saturated carbocycles. The molecule has 0 radical (unpaired) electrons. The van der Waals surface area contributed by atoms with E-state index in [1.165, 1.54) is 14.2 Å². The van der Waals surface area contributed by atoms with Crippen LogP contribution in [-0.2, 0) is 13.7 Å².